The lowest BCUT2D eigenvalue weighted by molar-refractivity contribution is -0.676. The Labute approximate surface area is 181 Å². The molecule has 0 saturated heterocycles. The van der Waals surface area contributed by atoms with Crippen LogP contribution in [0.4, 0.5) is 11.6 Å². The number of halogens is 1. The number of rotatable bonds is 7. The normalized spacial score (nSPS) is 11.3. The fraction of sp³-hybridized carbons (Fsp3) is 0.250. The fourth-order valence-electron chi connectivity index (χ4n) is 3.83. The zero-order chi connectivity index (χ0) is 22.3. The van der Waals surface area contributed by atoms with Gasteiger partial charge in [-0.15, -0.1) is 0 Å². The van der Waals surface area contributed by atoms with Gasteiger partial charge in [-0.2, -0.15) is 0 Å². The molecule has 1 amide bonds. The number of fused-ring (bicyclic) bond motifs is 2. The minimum atomic E-state index is -0.996. The molecule has 10 nitrogen and oxygen atoms in total. The van der Waals surface area contributed by atoms with E-state index in [-0.39, 0.29) is 23.7 Å². The second-order valence-corrected chi connectivity index (χ2v) is 7.32. The van der Waals surface area contributed by atoms with Crippen LogP contribution in [0.5, 0.6) is 0 Å². The number of anilines is 2. The predicted molar refractivity (Wildman–Crippen MR) is 116 cm³/mol. The smallest absolute Gasteiger partial charge is 0.335 e. The second kappa shape index (κ2) is 7.88. The van der Waals surface area contributed by atoms with Crippen LogP contribution in [0.1, 0.15) is 30.0 Å². The van der Waals surface area contributed by atoms with Crippen molar-refractivity contribution in [1.82, 2.24) is 19.5 Å². The van der Waals surface area contributed by atoms with Gasteiger partial charge >= 0.3 is 5.97 Å². The van der Waals surface area contributed by atoms with Crippen LogP contribution in [-0.2, 0) is 24.4 Å². The summed E-state index contributed by atoms with van der Waals surface area (Å²) < 4.78 is 4.01. The lowest BCUT2D eigenvalue weighted by Crippen LogP contribution is -2.40. The van der Waals surface area contributed by atoms with E-state index in [2.05, 4.69) is 15.0 Å². The first-order chi connectivity index (χ1) is 14.9. The molecule has 0 aliphatic heterocycles. The van der Waals surface area contributed by atoms with E-state index in [9.17, 15) is 14.7 Å². The van der Waals surface area contributed by atoms with Crippen LogP contribution < -0.4 is 15.2 Å². The molecule has 11 heteroatoms. The van der Waals surface area contributed by atoms with Crippen LogP contribution in [-0.4, -0.2) is 37.0 Å². The van der Waals surface area contributed by atoms with E-state index < -0.39 is 5.97 Å². The number of nitrogen functional groups attached to an aromatic ring is 1. The standard InChI is InChI=1S/C20H20ClN7O3/c1-3-27-13-6-5-11(20(30)31)7-14(13)28(4-2)15(27)9-26(10-29)19-17(22)25-18-16(24-19)12(21)8-23-18/h5-8,10H,3-4,9H2,1-2H3,(H3-,22,23,24,25,30,31)/p+1. The summed E-state index contributed by atoms with van der Waals surface area (Å²) in [6.07, 6.45) is 2.20. The lowest BCUT2D eigenvalue weighted by atomic mass is 10.2. The SMILES string of the molecule is CCn1c(CN(C=O)c2nc3c(Cl)c[nH]c3nc2N)[n+](CC)c2ccc(C(=O)O)cc21. The van der Waals surface area contributed by atoms with Crippen molar-refractivity contribution in [2.75, 3.05) is 10.6 Å². The van der Waals surface area contributed by atoms with Gasteiger partial charge in [0, 0.05) is 12.3 Å². The number of hydrogen-bond acceptors (Lipinski definition) is 5. The average molecular weight is 443 g/mol. The van der Waals surface area contributed by atoms with Crippen LogP contribution in [0.15, 0.2) is 24.4 Å². The Morgan fingerprint density at radius 3 is 2.81 bits per heavy atom. The molecular weight excluding hydrogens is 422 g/mol. The number of carbonyl (C=O) groups is 2. The third-order valence-electron chi connectivity index (χ3n) is 5.24. The molecule has 160 valence electrons. The summed E-state index contributed by atoms with van der Waals surface area (Å²) in [5, 5.41) is 9.76. The molecule has 3 heterocycles. The van der Waals surface area contributed by atoms with E-state index >= 15 is 0 Å². The number of aromatic carboxylic acids is 1. The van der Waals surface area contributed by atoms with E-state index in [1.165, 1.54) is 4.90 Å². The van der Waals surface area contributed by atoms with Gasteiger partial charge in [0.25, 0.3) is 5.82 Å². The van der Waals surface area contributed by atoms with Crippen molar-refractivity contribution >= 4 is 57.8 Å². The van der Waals surface area contributed by atoms with Gasteiger partial charge in [0.1, 0.15) is 12.1 Å². The highest BCUT2D eigenvalue weighted by Crippen LogP contribution is 2.27. The van der Waals surface area contributed by atoms with Crippen molar-refractivity contribution in [3.05, 3.63) is 40.8 Å². The quantitative estimate of drug-likeness (QED) is 0.297. The van der Waals surface area contributed by atoms with E-state index in [0.717, 1.165) is 16.9 Å². The molecule has 3 aromatic heterocycles. The summed E-state index contributed by atoms with van der Waals surface area (Å²) in [5.74, 6) is 0.0972. The molecule has 0 spiro atoms. The summed E-state index contributed by atoms with van der Waals surface area (Å²) in [6.45, 7) is 5.31. The Morgan fingerprint density at radius 1 is 1.39 bits per heavy atom. The minimum absolute atomic E-state index is 0.0912. The van der Waals surface area contributed by atoms with Crippen molar-refractivity contribution in [2.45, 2.75) is 33.5 Å². The topological polar surface area (TPSA) is 134 Å². The van der Waals surface area contributed by atoms with Crippen molar-refractivity contribution in [1.29, 1.82) is 0 Å². The molecule has 4 rings (SSSR count). The predicted octanol–water partition coefficient (Wildman–Crippen LogP) is 2.34. The number of aryl methyl sites for hydroxylation is 2. The zero-order valence-electron chi connectivity index (χ0n) is 17.0. The highest BCUT2D eigenvalue weighted by atomic mass is 35.5. The van der Waals surface area contributed by atoms with E-state index in [1.807, 2.05) is 23.0 Å². The van der Waals surface area contributed by atoms with Gasteiger partial charge in [0.2, 0.25) is 6.41 Å². The van der Waals surface area contributed by atoms with Gasteiger partial charge in [-0.25, -0.2) is 23.9 Å². The Morgan fingerprint density at radius 2 is 2.16 bits per heavy atom. The maximum atomic E-state index is 12.0. The Balaban J connectivity index is 1.86. The third-order valence-corrected chi connectivity index (χ3v) is 5.52. The van der Waals surface area contributed by atoms with Crippen molar-refractivity contribution in [2.24, 2.45) is 0 Å². The van der Waals surface area contributed by atoms with Gasteiger partial charge in [-0.1, -0.05) is 11.6 Å². The molecular formula is C20H21ClN7O3+. The number of benzene rings is 1. The molecule has 31 heavy (non-hydrogen) atoms. The molecule has 0 radical (unpaired) electrons. The number of aromatic nitrogens is 5. The number of nitrogens with zero attached hydrogens (tertiary/aromatic N) is 5. The maximum Gasteiger partial charge on any atom is 0.335 e. The van der Waals surface area contributed by atoms with Crippen LogP contribution in [0.2, 0.25) is 5.02 Å². The van der Waals surface area contributed by atoms with Gasteiger partial charge in [-0.3, -0.25) is 9.69 Å². The van der Waals surface area contributed by atoms with E-state index in [0.29, 0.717) is 35.7 Å². The Bertz CT molecular complexity index is 1330. The molecule has 1 aromatic carbocycles. The average Bonchev–Trinajstić information content (AvgIpc) is 3.27. The molecule has 0 aliphatic carbocycles. The van der Waals surface area contributed by atoms with Gasteiger partial charge in [0.05, 0.1) is 23.7 Å². The number of carboxylic acid groups (broad SMARTS) is 1. The van der Waals surface area contributed by atoms with Gasteiger partial charge in [0.15, 0.2) is 28.3 Å². The number of carboxylic acids is 1. The summed E-state index contributed by atoms with van der Waals surface area (Å²) in [6, 6.07) is 4.99. The first-order valence-corrected chi connectivity index (χ1v) is 10.1. The highest BCUT2D eigenvalue weighted by Gasteiger charge is 2.28. The van der Waals surface area contributed by atoms with Gasteiger partial charge < -0.3 is 15.8 Å². The van der Waals surface area contributed by atoms with Crippen LogP contribution in [0, 0.1) is 0 Å². The molecule has 4 N–H and O–H groups in total. The van der Waals surface area contributed by atoms with Crippen molar-refractivity contribution in [3.8, 4) is 0 Å². The first kappa shape index (κ1) is 20.6. The third kappa shape index (κ3) is 3.34. The number of aromatic amines is 1. The summed E-state index contributed by atoms with van der Waals surface area (Å²) >= 11 is 6.16. The molecule has 0 atom stereocenters. The number of nitrogens with one attached hydrogen (secondary N) is 1. The number of amides is 1. The Hall–Kier alpha value is -3.66. The highest BCUT2D eigenvalue weighted by molar-refractivity contribution is 6.35. The minimum Gasteiger partial charge on any atom is -0.478 e. The van der Waals surface area contributed by atoms with Crippen molar-refractivity contribution < 1.29 is 19.3 Å². The fourth-order valence-corrected chi connectivity index (χ4v) is 4.02. The monoisotopic (exact) mass is 442 g/mol. The second-order valence-electron chi connectivity index (χ2n) is 6.91. The molecule has 0 aliphatic rings. The Kier molecular flexibility index (Phi) is 5.24. The number of nitrogens with two attached hydrogens (primary N) is 1. The van der Waals surface area contributed by atoms with Crippen molar-refractivity contribution in [3.63, 3.8) is 0 Å². The molecule has 4 aromatic rings. The van der Waals surface area contributed by atoms with Crippen LogP contribution in [0.3, 0.4) is 0 Å². The number of hydrogen-bond donors (Lipinski definition) is 3. The number of carbonyl (C=O) groups excluding carboxylic acids is 1. The van der Waals surface area contributed by atoms with E-state index in [4.69, 9.17) is 17.3 Å². The molecule has 0 fully saturated rings. The first-order valence-electron chi connectivity index (χ1n) is 9.69. The largest absolute Gasteiger partial charge is 0.478 e. The summed E-state index contributed by atoms with van der Waals surface area (Å²) in [4.78, 5) is 36.5. The van der Waals surface area contributed by atoms with Crippen LogP contribution >= 0.6 is 11.6 Å². The van der Waals surface area contributed by atoms with Crippen LogP contribution in [0.25, 0.3) is 22.2 Å². The summed E-state index contributed by atoms with van der Waals surface area (Å²) in [5.41, 5.74) is 8.78. The number of imidazole rings is 1. The number of H-pyrrole nitrogens is 1. The van der Waals surface area contributed by atoms with Gasteiger partial charge in [-0.05, 0) is 26.0 Å². The summed E-state index contributed by atoms with van der Waals surface area (Å²) in [7, 11) is 0. The lowest BCUT2D eigenvalue weighted by Gasteiger charge is -2.16. The molecule has 0 bridgehead atoms. The maximum absolute atomic E-state index is 12.0. The zero-order valence-corrected chi connectivity index (χ0v) is 17.7. The molecule has 0 saturated carbocycles. The van der Waals surface area contributed by atoms with E-state index in [1.54, 1.807) is 24.4 Å². The molecule has 0 unspecified atom stereocenters.